The van der Waals surface area contributed by atoms with Gasteiger partial charge in [-0.05, 0) is 35.4 Å². The van der Waals surface area contributed by atoms with Gasteiger partial charge in [0.25, 0.3) is 0 Å². The van der Waals surface area contributed by atoms with E-state index in [0.29, 0.717) is 5.75 Å². The number of halogens is 1. The molecule has 0 amide bonds. The van der Waals surface area contributed by atoms with Crippen LogP contribution in [-0.2, 0) is 0 Å². The molecule has 0 fully saturated rings. The van der Waals surface area contributed by atoms with Crippen LogP contribution in [0.2, 0.25) is 0 Å². The highest BCUT2D eigenvalue weighted by atomic mass is 18.2. The van der Waals surface area contributed by atoms with Crippen molar-refractivity contribution in [2.24, 2.45) is 5.92 Å². The Morgan fingerprint density at radius 1 is 1.00 bits per heavy atom. The first-order valence-corrected chi connectivity index (χ1v) is 7.97. The third-order valence-electron chi connectivity index (χ3n) is 3.72. The Morgan fingerprint density at radius 3 is 2.00 bits per heavy atom. The molecule has 2 rings (SSSR count). The maximum Gasteiger partial charge on any atom is 0.119 e. The maximum atomic E-state index is 12.5. The Kier molecular flexibility index (Phi) is 6.82. The Hall–Kier alpha value is -2.33. The normalized spacial score (nSPS) is 12.3. The number of nitrogens with zero attached hydrogens (tertiary/aromatic N) is 1. The van der Waals surface area contributed by atoms with Crippen molar-refractivity contribution >= 4 is 17.8 Å². The number of rotatable bonds is 8. The van der Waals surface area contributed by atoms with E-state index in [4.69, 9.17) is 9.84 Å². The van der Waals surface area contributed by atoms with E-state index in [1.54, 1.807) is 0 Å². The van der Waals surface area contributed by atoms with E-state index in [-0.39, 0.29) is 13.2 Å². The Labute approximate surface area is 143 Å². The molecule has 1 unspecified atom stereocenters. The largest absolute Gasteiger partial charge is 0.493 e. The Bertz CT molecular complexity index is 632. The van der Waals surface area contributed by atoms with Gasteiger partial charge in [0, 0.05) is 25.7 Å². The summed E-state index contributed by atoms with van der Waals surface area (Å²) in [5.41, 5.74) is 3.36. The molecule has 0 bridgehead atoms. The van der Waals surface area contributed by atoms with Crippen molar-refractivity contribution < 1.29 is 14.2 Å². The molecule has 1 N–H and O–H groups in total. The minimum Gasteiger partial charge on any atom is -0.493 e. The number of alkyl halides is 1. The molecule has 0 aliphatic heterocycles. The van der Waals surface area contributed by atoms with E-state index in [9.17, 15) is 4.39 Å². The molecular formula is C20H24FNO2. The summed E-state index contributed by atoms with van der Waals surface area (Å²) >= 11 is 0. The molecule has 24 heavy (non-hydrogen) atoms. The zero-order valence-corrected chi connectivity index (χ0v) is 14.2. The second-order valence-corrected chi connectivity index (χ2v) is 5.90. The van der Waals surface area contributed by atoms with Crippen LogP contribution in [0.15, 0.2) is 48.5 Å². The summed E-state index contributed by atoms with van der Waals surface area (Å²) < 4.78 is 18.0. The Balaban J connectivity index is 1.93. The van der Waals surface area contributed by atoms with Gasteiger partial charge in [0.1, 0.15) is 5.75 Å². The summed E-state index contributed by atoms with van der Waals surface area (Å²) in [5.74, 6) is 0.212. The molecule has 0 spiro atoms. The van der Waals surface area contributed by atoms with Crippen molar-refractivity contribution in [1.29, 1.82) is 0 Å². The van der Waals surface area contributed by atoms with E-state index < -0.39 is 12.6 Å². The van der Waals surface area contributed by atoms with Gasteiger partial charge < -0.3 is 14.7 Å². The van der Waals surface area contributed by atoms with E-state index in [1.165, 1.54) is 5.69 Å². The van der Waals surface area contributed by atoms with Crippen LogP contribution in [0, 0.1) is 5.92 Å². The minimum absolute atomic E-state index is 0.181. The number of aliphatic hydroxyl groups is 1. The van der Waals surface area contributed by atoms with Crippen LogP contribution in [0.3, 0.4) is 0 Å². The van der Waals surface area contributed by atoms with Gasteiger partial charge in [-0.15, -0.1) is 0 Å². The lowest BCUT2D eigenvalue weighted by Crippen LogP contribution is -2.17. The fraction of sp³-hybridized carbons (Fsp3) is 0.300. The highest BCUT2D eigenvalue weighted by Crippen LogP contribution is 2.17. The van der Waals surface area contributed by atoms with Gasteiger partial charge in [-0.25, -0.2) is 0 Å². The van der Waals surface area contributed by atoms with Crippen molar-refractivity contribution in [3.8, 4) is 5.75 Å². The van der Waals surface area contributed by atoms with Gasteiger partial charge in [0.05, 0.1) is 19.9 Å². The third-order valence-corrected chi connectivity index (χ3v) is 3.72. The smallest absolute Gasteiger partial charge is 0.119 e. The molecule has 0 aliphatic rings. The maximum absolute atomic E-state index is 12.5. The predicted octanol–water partition coefficient (Wildman–Crippen LogP) is 3.88. The molecular weight excluding hydrogens is 304 g/mol. The highest BCUT2D eigenvalue weighted by molar-refractivity contribution is 5.70. The van der Waals surface area contributed by atoms with Gasteiger partial charge in [-0.2, -0.15) is 0 Å². The number of ether oxygens (including phenoxy) is 1. The van der Waals surface area contributed by atoms with E-state index in [2.05, 4.69) is 35.2 Å². The summed E-state index contributed by atoms with van der Waals surface area (Å²) in [4.78, 5) is 2.07. The van der Waals surface area contributed by atoms with Crippen molar-refractivity contribution in [1.82, 2.24) is 0 Å². The molecule has 128 valence electrons. The fourth-order valence-corrected chi connectivity index (χ4v) is 2.11. The molecule has 0 heterocycles. The van der Waals surface area contributed by atoms with Crippen LogP contribution in [0.5, 0.6) is 5.75 Å². The lowest BCUT2D eigenvalue weighted by Gasteiger charge is -2.12. The van der Waals surface area contributed by atoms with Crippen LogP contribution in [-0.4, -0.2) is 39.1 Å². The van der Waals surface area contributed by atoms with Crippen LogP contribution < -0.4 is 9.64 Å². The predicted molar refractivity (Wildman–Crippen MR) is 98.2 cm³/mol. The SMILES string of the molecule is CN(C)c1ccc(/C=C/c2ccc(OCC(CO)C[18F])cc2)cc1. The average Bonchev–Trinajstić information content (AvgIpc) is 2.62. The topological polar surface area (TPSA) is 32.7 Å². The Morgan fingerprint density at radius 2 is 1.54 bits per heavy atom. The van der Waals surface area contributed by atoms with Gasteiger partial charge in [0.15, 0.2) is 0 Å². The van der Waals surface area contributed by atoms with Gasteiger partial charge in [-0.3, -0.25) is 4.39 Å². The monoisotopic (exact) mass is 328 g/mol. The molecule has 0 saturated heterocycles. The first-order valence-electron chi connectivity index (χ1n) is 7.97. The molecule has 4 heteroatoms. The molecule has 0 saturated carbocycles. The lowest BCUT2D eigenvalue weighted by atomic mass is 10.1. The van der Waals surface area contributed by atoms with Gasteiger partial charge in [-0.1, -0.05) is 36.4 Å². The molecule has 0 aliphatic carbocycles. The first kappa shape index (κ1) is 18.0. The zero-order valence-electron chi connectivity index (χ0n) is 14.2. The minimum atomic E-state index is -0.579. The number of hydrogen-bond acceptors (Lipinski definition) is 3. The molecule has 2 aromatic rings. The van der Waals surface area contributed by atoms with Crippen LogP contribution in [0.1, 0.15) is 11.1 Å². The quantitative estimate of drug-likeness (QED) is 0.747. The van der Waals surface area contributed by atoms with Crippen molar-refractivity contribution in [3.63, 3.8) is 0 Å². The summed E-state index contributed by atoms with van der Waals surface area (Å²) in [5, 5.41) is 8.94. The van der Waals surface area contributed by atoms with Crippen molar-refractivity contribution in [3.05, 3.63) is 59.7 Å². The standard InChI is InChI=1S/C20H24FNO2/c1-22(2)19-9-5-16(6-10-19)3-4-17-7-11-20(12-8-17)24-15-18(13-21)14-23/h3-12,18,23H,13-15H2,1-2H3/b4-3+/i21-1. The summed E-state index contributed by atoms with van der Waals surface area (Å²) in [7, 11) is 4.04. The molecule has 0 aromatic heterocycles. The number of anilines is 1. The summed E-state index contributed by atoms with van der Waals surface area (Å²) in [6, 6.07) is 15.9. The summed E-state index contributed by atoms with van der Waals surface area (Å²) in [6.45, 7) is -0.603. The molecule has 1 atom stereocenters. The van der Waals surface area contributed by atoms with Gasteiger partial charge >= 0.3 is 0 Å². The zero-order chi connectivity index (χ0) is 17.4. The van der Waals surface area contributed by atoms with Crippen LogP contribution in [0.4, 0.5) is 10.1 Å². The second-order valence-electron chi connectivity index (χ2n) is 5.90. The van der Waals surface area contributed by atoms with Crippen LogP contribution in [0.25, 0.3) is 12.2 Å². The first-order chi connectivity index (χ1) is 11.6. The van der Waals surface area contributed by atoms with E-state index in [1.807, 2.05) is 44.4 Å². The molecule has 0 radical (unpaired) electrons. The fourth-order valence-electron chi connectivity index (χ4n) is 2.11. The number of hydrogen-bond donors (Lipinski definition) is 1. The summed E-state index contributed by atoms with van der Waals surface area (Å²) in [6.07, 6.45) is 4.09. The van der Waals surface area contributed by atoms with Crippen LogP contribution >= 0.6 is 0 Å². The number of aliphatic hydroxyl groups excluding tert-OH is 1. The third kappa shape index (κ3) is 5.39. The average molecular weight is 328 g/mol. The number of benzene rings is 2. The second kappa shape index (κ2) is 9.08. The highest BCUT2D eigenvalue weighted by Gasteiger charge is 2.07. The molecule has 3 nitrogen and oxygen atoms in total. The van der Waals surface area contributed by atoms with E-state index >= 15 is 0 Å². The lowest BCUT2D eigenvalue weighted by molar-refractivity contribution is 0.140. The van der Waals surface area contributed by atoms with Crippen molar-refractivity contribution in [2.45, 2.75) is 0 Å². The molecule has 2 aromatic carbocycles. The van der Waals surface area contributed by atoms with E-state index in [0.717, 1.165) is 11.1 Å². The van der Waals surface area contributed by atoms with Crippen molar-refractivity contribution in [2.75, 3.05) is 38.9 Å². The van der Waals surface area contributed by atoms with Gasteiger partial charge in [0.2, 0.25) is 0 Å².